The van der Waals surface area contributed by atoms with E-state index >= 15 is 0 Å². The first-order valence-corrected chi connectivity index (χ1v) is 6.12. The topological polar surface area (TPSA) is 64.9 Å². The minimum absolute atomic E-state index is 0.102. The molecule has 6 heteroatoms. The van der Waals surface area contributed by atoms with Crippen molar-refractivity contribution in [2.45, 2.75) is 13.0 Å². The lowest BCUT2D eigenvalue weighted by Crippen LogP contribution is -2.32. The molecule has 1 aromatic carbocycles. The smallest absolute Gasteiger partial charge is 0.216 e. The van der Waals surface area contributed by atoms with Crippen LogP contribution in [0.1, 0.15) is 18.5 Å². The van der Waals surface area contributed by atoms with Crippen LogP contribution < -0.4 is 10.6 Å². The van der Waals surface area contributed by atoms with Crippen molar-refractivity contribution in [3.63, 3.8) is 0 Å². The van der Waals surface area contributed by atoms with Gasteiger partial charge < -0.3 is 5.32 Å². The summed E-state index contributed by atoms with van der Waals surface area (Å²) in [5.74, 6) is -0.102. The standard InChI is InChI=1S/C12H13Cl2N3O/c1-8(18)16-4-5-17-12(7-15)10-3-2-9(13)6-11(10)14/h2-3,6,12,17H,4-5H2,1H3,(H,16,18). The number of carbonyl (C=O) groups excluding carboxylic acids is 1. The molecule has 18 heavy (non-hydrogen) atoms. The van der Waals surface area contributed by atoms with Crippen LogP contribution >= 0.6 is 23.2 Å². The molecule has 1 unspecified atom stereocenters. The van der Waals surface area contributed by atoms with Gasteiger partial charge in [-0.3, -0.25) is 10.1 Å². The minimum Gasteiger partial charge on any atom is -0.355 e. The van der Waals surface area contributed by atoms with E-state index in [0.717, 1.165) is 0 Å². The van der Waals surface area contributed by atoms with E-state index in [0.29, 0.717) is 28.7 Å². The number of carbonyl (C=O) groups is 1. The number of rotatable bonds is 5. The molecule has 0 bridgehead atoms. The Morgan fingerprint density at radius 3 is 2.72 bits per heavy atom. The molecular weight excluding hydrogens is 273 g/mol. The second kappa shape index (κ2) is 7.22. The van der Waals surface area contributed by atoms with Gasteiger partial charge in [-0.1, -0.05) is 29.3 Å². The summed E-state index contributed by atoms with van der Waals surface area (Å²) in [6.07, 6.45) is 0. The van der Waals surface area contributed by atoms with Crippen LogP contribution in [0.4, 0.5) is 0 Å². The van der Waals surface area contributed by atoms with E-state index in [9.17, 15) is 4.79 Å². The van der Waals surface area contributed by atoms with Crippen LogP contribution in [0.25, 0.3) is 0 Å². The Bertz CT molecular complexity index is 471. The Balaban J connectivity index is 2.61. The van der Waals surface area contributed by atoms with E-state index in [4.69, 9.17) is 28.5 Å². The number of nitrogens with one attached hydrogen (secondary N) is 2. The zero-order chi connectivity index (χ0) is 13.5. The van der Waals surface area contributed by atoms with Crippen LogP contribution in [-0.4, -0.2) is 19.0 Å². The Morgan fingerprint density at radius 2 is 2.17 bits per heavy atom. The fourth-order valence-corrected chi connectivity index (χ4v) is 1.93. The monoisotopic (exact) mass is 285 g/mol. The Morgan fingerprint density at radius 1 is 1.44 bits per heavy atom. The summed E-state index contributed by atoms with van der Waals surface area (Å²) in [7, 11) is 0. The minimum atomic E-state index is -0.525. The Labute approximate surface area is 116 Å². The molecule has 0 radical (unpaired) electrons. The molecule has 0 aliphatic heterocycles. The maximum Gasteiger partial charge on any atom is 0.216 e. The second-order valence-electron chi connectivity index (χ2n) is 3.67. The average Bonchev–Trinajstić information content (AvgIpc) is 2.30. The molecule has 0 spiro atoms. The highest BCUT2D eigenvalue weighted by molar-refractivity contribution is 6.35. The molecule has 96 valence electrons. The molecule has 0 saturated carbocycles. The lowest BCUT2D eigenvalue weighted by atomic mass is 10.1. The molecule has 0 aliphatic carbocycles. The molecule has 0 aromatic heterocycles. The van der Waals surface area contributed by atoms with Crippen molar-refractivity contribution in [3.05, 3.63) is 33.8 Å². The molecule has 0 saturated heterocycles. The van der Waals surface area contributed by atoms with Gasteiger partial charge in [0.2, 0.25) is 5.91 Å². The van der Waals surface area contributed by atoms with Crippen molar-refractivity contribution >= 4 is 29.1 Å². The second-order valence-corrected chi connectivity index (χ2v) is 4.51. The molecule has 4 nitrogen and oxygen atoms in total. The number of hydrogen-bond acceptors (Lipinski definition) is 3. The SMILES string of the molecule is CC(=O)NCCNC(C#N)c1ccc(Cl)cc1Cl. The predicted molar refractivity (Wildman–Crippen MR) is 71.5 cm³/mol. The van der Waals surface area contributed by atoms with Gasteiger partial charge in [0.15, 0.2) is 0 Å². The van der Waals surface area contributed by atoms with Gasteiger partial charge in [-0.2, -0.15) is 5.26 Å². The maximum absolute atomic E-state index is 10.7. The average molecular weight is 286 g/mol. The maximum atomic E-state index is 10.7. The molecule has 0 fully saturated rings. The van der Waals surface area contributed by atoms with Gasteiger partial charge in [0.1, 0.15) is 6.04 Å². The van der Waals surface area contributed by atoms with Crippen LogP contribution in [0, 0.1) is 11.3 Å². The largest absolute Gasteiger partial charge is 0.355 e. The Kier molecular flexibility index (Phi) is 5.93. The van der Waals surface area contributed by atoms with Crippen molar-refractivity contribution < 1.29 is 4.79 Å². The normalized spacial score (nSPS) is 11.7. The van der Waals surface area contributed by atoms with Gasteiger partial charge in [-0.15, -0.1) is 0 Å². The van der Waals surface area contributed by atoms with Crippen LogP contribution in [0.3, 0.4) is 0 Å². The van der Waals surface area contributed by atoms with Gasteiger partial charge in [0.25, 0.3) is 0 Å². The van der Waals surface area contributed by atoms with Crippen LogP contribution in [-0.2, 0) is 4.79 Å². The third kappa shape index (κ3) is 4.53. The fraction of sp³-hybridized carbons (Fsp3) is 0.333. The summed E-state index contributed by atoms with van der Waals surface area (Å²) in [6.45, 7) is 2.38. The molecule has 1 rings (SSSR count). The number of amides is 1. The first-order valence-electron chi connectivity index (χ1n) is 5.37. The van der Waals surface area contributed by atoms with Crippen molar-refractivity contribution in [2.75, 3.05) is 13.1 Å². The fourth-order valence-electron chi connectivity index (χ4n) is 1.42. The summed E-state index contributed by atoms with van der Waals surface area (Å²) < 4.78 is 0. The van der Waals surface area contributed by atoms with Crippen molar-refractivity contribution in [1.29, 1.82) is 5.26 Å². The highest BCUT2D eigenvalue weighted by atomic mass is 35.5. The van der Waals surface area contributed by atoms with E-state index in [1.807, 2.05) is 0 Å². The quantitative estimate of drug-likeness (QED) is 0.816. The zero-order valence-corrected chi connectivity index (χ0v) is 11.3. The van der Waals surface area contributed by atoms with Crippen molar-refractivity contribution in [3.8, 4) is 6.07 Å². The van der Waals surface area contributed by atoms with Crippen LogP contribution in [0.15, 0.2) is 18.2 Å². The summed E-state index contributed by atoms with van der Waals surface area (Å²) in [5.41, 5.74) is 0.673. The van der Waals surface area contributed by atoms with E-state index in [1.54, 1.807) is 18.2 Å². The number of benzene rings is 1. The summed E-state index contributed by atoms with van der Waals surface area (Å²) in [5, 5.41) is 15.7. The third-order valence-corrected chi connectivity index (χ3v) is 2.81. The van der Waals surface area contributed by atoms with Crippen LogP contribution in [0.2, 0.25) is 10.0 Å². The van der Waals surface area contributed by atoms with E-state index < -0.39 is 6.04 Å². The first-order chi connectivity index (χ1) is 8.54. The van der Waals surface area contributed by atoms with E-state index in [-0.39, 0.29) is 5.91 Å². The number of nitrogens with zero attached hydrogens (tertiary/aromatic N) is 1. The highest BCUT2D eigenvalue weighted by Gasteiger charge is 2.13. The number of halogens is 2. The van der Waals surface area contributed by atoms with Crippen LogP contribution in [0.5, 0.6) is 0 Å². The van der Waals surface area contributed by atoms with E-state index in [1.165, 1.54) is 6.92 Å². The van der Waals surface area contributed by atoms with Gasteiger partial charge in [0, 0.05) is 35.6 Å². The molecular formula is C12H13Cl2N3O. The molecule has 0 aliphatic rings. The molecule has 2 N–H and O–H groups in total. The summed E-state index contributed by atoms with van der Waals surface area (Å²) in [6, 6.07) is 6.58. The van der Waals surface area contributed by atoms with E-state index in [2.05, 4.69) is 16.7 Å². The first kappa shape index (κ1) is 14.8. The predicted octanol–water partition coefficient (Wildman–Crippen LogP) is 2.28. The lowest BCUT2D eigenvalue weighted by molar-refractivity contribution is -0.118. The number of hydrogen-bond donors (Lipinski definition) is 2. The van der Waals surface area contributed by atoms with Gasteiger partial charge in [-0.05, 0) is 12.1 Å². The van der Waals surface area contributed by atoms with Crippen molar-refractivity contribution in [1.82, 2.24) is 10.6 Å². The highest BCUT2D eigenvalue weighted by Crippen LogP contribution is 2.25. The third-order valence-electron chi connectivity index (χ3n) is 2.25. The van der Waals surface area contributed by atoms with Gasteiger partial charge in [-0.25, -0.2) is 0 Å². The molecule has 1 atom stereocenters. The molecule has 1 aromatic rings. The number of nitriles is 1. The van der Waals surface area contributed by atoms with Gasteiger partial charge in [0.05, 0.1) is 6.07 Å². The lowest BCUT2D eigenvalue weighted by Gasteiger charge is -2.13. The Hall–Kier alpha value is -1.28. The summed E-state index contributed by atoms with van der Waals surface area (Å²) >= 11 is 11.8. The van der Waals surface area contributed by atoms with Crippen molar-refractivity contribution in [2.24, 2.45) is 0 Å². The summed E-state index contributed by atoms with van der Waals surface area (Å²) in [4.78, 5) is 10.7. The molecule has 0 heterocycles. The van der Waals surface area contributed by atoms with Gasteiger partial charge >= 0.3 is 0 Å². The zero-order valence-electron chi connectivity index (χ0n) is 9.84. The molecule has 1 amide bonds.